The zero-order chi connectivity index (χ0) is 15.1. The number of aliphatic hydroxyl groups excluding tert-OH is 1. The number of anilines is 1. The Morgan fingerprint density at radius 2 is 2.05 bits per heavy atom. The van der Waals surface area contributed by atoms with Gasteiger partial charge in [0.2, 0.25) is 0 Å². The van der Waals surface area contributed by atoms with Crippen LogP contribution in [0, 0.1) is 12.8 Å². The lowest BCUT2D eigenvalue weighted by atomic mass is 9.97. The van der Waals surface area contributed by atoms with Gasteiger partial charge in [-0.3, -0.25) is 0 Å². The number of aromatic nitrogens is 1. The summed E-state index contributed by atoms with van der Waals surface area (Å²) in [5.41, 5.74) is 1.39. The van der Waals surface area contributed by atoms with Gasteiger partial charge in [-0.25, -0.2) is 9.78 Å². The molecule has 0 aliphatic heterocycles. The average Bonchev–Trinajstić information content (AvgIpc) is 2.41. The monoisotopic (exact) mass is 343 g/mol. The molecule has 0 aromatic carbocycles. The highest BCUT2D eigenvalue weighted by Crippen LogP contribution is 2.16. The van der Waals surface area contributed by atoms with Gasteiger partial charge in [0.25, 0.3) is 0 Å². The van der Waals surface area contributed by atoms with E-state index in [1.54, 1.807) is 12.1 Å². The number of carbonyl (C=O) groups excluding carboxylic acids is 1. The van der Waals surface area contributed by atoms with Crippen LogP contribution < -0.4 is 10.6 Å². The maximum absolute atomic E-state index is 11.8. The van der Waals surface area contributed by atoms with Gasteiger partial charge in [0, 0.05) is 6.54 Å². The maximum atomic E-state index is 11.8. The highest BCUT2D eigenvalue weighted by atomic mass is 79.9. The number of halogens is 1. The number of nitrogens with zero attached hydrogens (tertiary/aromatic N) is 1. The van der Waals surface area contributed by atoms with Crippen LogP contribution in [0.1, 0.15) is 32.4 Å². The predicted octanol–water partition coefficient (Wildman–Crippen LogP) is 3.07. The van der Waals surface area contributed by atoms with E-state index in [4.69, 9.17) is 0 Å². The minimum Gasteiger partial charge on any atom is -0.391 e. The van der Waals surface area contributed by atoms with E-state index < -0.39 is 6.10 Å². The third kappa shape index (κ3) is 5.09. The van der Waals surface area contributed by atoms with Gasteiger partial charge in [-0.2, -0.15) is 0 Å². The van der Waals surface area contributed by atoms with Gasteiger partial charge in [0.15, 0.2) is 0 Å². The lowest BCUT2D eigenvalue weighted by Crippen LogP contribution is -2.38. The Bertz CT molecular complexity index is 450. The molecule has 20 heavy (non-hydrogen) atoms. The van der Waals surface area contributed by atoms with Crippen LogP contribution in [0.4, 0.5) is 10.5 Å². The van der Waals surface area contributed by atoms with Crippen molar-refractivity contribution in [2.24, 2.45) is 5.92 Å². The molecule has 1 heterocycles. The normalized spacial score (nSPS) is 12.3. The molecule has 1 aromatic rings. The smallest absolute Gasteiger partial charge is 0.319 e. The molecular formula is C14H22BrN3O2. The number of nitrogens with one attached hydrogen (secondary N) is 2. The van der Waals surface area contributed by atoms with Crippen molar-refractivity contribution in [3.63, 3.8) is 0 Å². The SMILES string of the molecule is CCC(CC)C(O)CNC(=O)Nc1ccc(Br)nc1C. The minimum atomic E-state index is -0.514. The van der Waals surface area contributed by atoms with Crippen LogP contribution in [0.25, 0.3) is 0 Å². The molecule has 0 radical (unpaired) electrons. The second-order valence-electron chi connectivity index (χ2n) is 4.75. The Kier molecular flexibility index (Phi) is 6.95. The van der Waals surface area contributed by atoms with Crippen molar-refractivity contribution in [1.82, 2.24) is 10.3 Å². The van der Waals surface area contributed by atoms with Crippen LogP contribution in [0.15, 0.2) is 16.7 Å². The number of amides is 2. The van der Waals surface area contributed by atoms with Crippen molar-refractivity contribution >= 4 is 27.6 Å². The van der Waals surface area contributed by atoms with E-state index in [9.17, 15) is 9.90 Å². The van der Waals surface area contributed by atoms with Crippen LogP contribution >= 0.6 is 15.9 Å². The molecular weight excluding hydrogens is 322 g/mol. The van der Waals surface area contributed by atoms with E-state index in [0.29, 0.717) is 5.69 Å². The fourth-order valence-electron chi connectivity index (χ4n) is 2.03. The second-order valence-corrected chi connectivity index (χ2v) is 5.56. The van der Waals surface area contributed by atoms with Gasteiger partial charge < -0.3 is 15.7 Å². The zero-order valence-corrected chi connectivity index (χ0v) is 13.7. The summed E-state index contributed by atoms with van der Waals surface area (Å²) >= 11 is 3.27. The summed E-state index contributed by atoms with van der Waals surface area (Å²) in [6.45, 7) is 6.14. The van der Waals surface area contributed by atoms with Crippen molar-refractivity contribution < 1.29 is 9.90 Å². The summed E-state index contributed by atoms with van der Waals surface area (Å²) in [6.07, 6.45) is 1.29. The highest BCUT2D eigenvalue weighted by molar-refractivity contribution is 9.10. The molecule has 0 aliphatic carbocycles. The van der Waals surface area contributed by atoms with E-state index in [1.165, 1.54) is 0 Å². The number of rotatable bonds is 6. The minimum absolute atomic E-state index is 0.214. The van der Waals surface area contributed by atoms with Gasteiger partial charge in [0.05, 0.1) is 17.5 Å². The van der Waals surface area contributed by atoms with Gasteiger partial charge in [-0.15, -0.1) is 0 Å². The van der Waals surface area contributed by atoms with Crippen LogP contribution in [0.5, 0.6) is 0 Å². The predicted molar refractivity (Wildman–Crippen MR) is 83.8 cm³/mol. The van der Waals surface area contributed by atoms with Crippen molar-refractivity contribution in [3.8, 4) is 0 Å². The largest absolute Gasteiger partial charge is 0.391 e. The molecule has 1 unspecified atom stereocenters. The van der Waals surface area contributed by atoms with Crippen molar-refractivity contribution in [2.45, 2.75) is 39.7 Å². The van der Waals surface area contributed by atoms with Gasteiger partial charge in [-0.1, -0.05) is 26.7 Å². The number of hydrogen-bond acceptors (Lipinski definition) is 3. The first-order valence-electron chi connectivity index (χ1n) is 6.84. The van der Waals surface area contributed by atoms with Gasteiger partial charge >= 0.3 is 6.03 Å². The molecule has 1 aromatic heterocycles. The number of urea groups is 1. The van der Waals surface area contributed by atoms with Crippen molar-refractivity contribution in [1.29, 1.82) is 0 Å². The van der Waals surface area contributed by atoms with E-state index >= 15 is 0 Å². The summed E-state index contributed by atoms with van der Waals surface area (Å²) in [4.78, 5) is 16.0. The molecule has 0 saturated carbocycles. The first-order valence-corrected chi connectivity index (χ1v) is 7.63. The molecule has 1 atom stereocenters. The zero-order valence-electron chi connectivity index (χ0n) is 12.1. The Morgan fingerprint density at radius 1 is 1.40 bits per heavy atom. The molecule has 0 saturated heterocycles. The van der Waals surface area contributed by atoms with Crippen LogP contribution in [0.2, 0.25) is 0 Å². The van der Waals surface area contributed by atoms with Crippen molar-refractivity contribution in [3.05, 3.63) is 22.4 Å². The third-order valence-corrected chi connectivity index (χ3v) is 3.81. The van der Waals surface area contributed by atoms with E-state index in [2.05, 4.69) is 31.5 Å². The summed E-state index contributed by atoms with van der Waals surface area (Å²) in [5, 5.41) is 15.4. The molecule has 2 amide bonds. The standard InChI is InChI=1S/C14H22BrN3O2/c1-4-10(5-2)12(19)8-16-14(20)18-11-6-7-13(15)17-9(11)3/h6-7,10,12,19H,4-5,8H2,1-3H3,(H2,16,18,20). The van der Waals surface area contributed by atoms with Crippen LogP contribution in [-0.4, -0.2) is 28.8 Å². The lowest BCUT2D eigenvalue weighted by molar-refractivity contribution is 0.104. The van der Waals surface area contributed by atoms with Crippen LogP contribution in [-0.2, 0) is 0 Å². The number of aryl methyl sites for hydroxylation is 1. The first kappa shape index (κ1) is 16.9. The molecule has 1 rings (SSSR count). The number of hydrogen-bond donors (Lipinski definition) is 3. The average molecular weight is 344 g/mol. The third-order valence-electron chi connectivity index (χ3n) is 3.36. The van der Waals surface area contributed by atoms with Crippen LogP contribution in [0.3, 0.4) is 0 Å². The second kappa shape index (κ2) is 8.21. The number of aliphatic hydroxyl groups is 1. The summed E-state index contributed by atoms with van der Waals surface area (Å²) in [6, 6.07) is 3.22. The Labute approximate surface area is 128 Å². The quantitative estimate of drug-likeness (QED) is 0.695. The fourth-order valence-corrected chi connectivity index (χ4v) is 2.42. The van der Waals surface area contributed by atoms with E-state index in [-0.39, 0.29) is 18.5 Å². The number of pyridine rings is 1. The van der Waals surface area contributed by atoms with E-state index in [1.807, 2.05) is 20.8 Å². The Balaban J connectivity index is 2.48. The first-order chi connectivity index (χ1) is 9.47. The molecule has 5 nitrogen and oxygen atoms in total. The lowest BCUT2D eigenvalue weighted by Gasteiger charge is -2.20. The summed E-state index contributed by atoms with van der Waals surface area (Å²) in [7, 11) is 0. The van der Waals surface area contributed by atoms with Gasteiger partial charge in [-0.05, 0) is 40.9 Å². The molecule has 3 N–H and O–H groups in total. The summed E-state index contributed by atoms with van der Waals surface area (Å²) in [5.74, 6) is 0.214. The molecule has 0 aliphatic rings. The van der Waals surface area contributed by atoms with E-state index in [0.717, 1.165) is 23.1 Å². The van der Waals surface area contributed by atoms with Crippen molar-refractivity contribution in [2.75, 3.05) is 11.9 Å². The topological polar surface area (TPSA) is 74.2 Å². The maximum Gasteiger partial charge on any atom is 0.319 e. The molecule has 112 valence electrons. The Hall–Kier alpha value is -1.14. The molecule has 0 bridgehead atoms. The molecule has 0 fully saturated rings. The molecule has 0 spiro atoms. The Morgan fingerprint density at radius 3 is 2.60 bits per heavy atom. The highest BCUT2D eigenvalue weighted by Gasteiger charge is 2.16. The fraction of sp³-hybridized carbons (Fsp3) is 0.571. The summed E-state index contributed by atoms with van der Waals surface area (Å²) < 4.78 is 0.727. The number of carbonyl (C=O) groups is 1. The molecule has 6 heteroatoms. The van der Waals surface area contributed by atoms with Gasteiger partial charge in [0.1, 0.15) is 4.60 Å².